The highest BCUT2D eigenvalue weighted by Gasteiger charge is 2.65. The van der Waals surface area contributed by atoms with E-state index >= 15 is 0 Å². The third-order valence-corrected chi connectivity index (χ3v) is 12.1. The van der Waals surface area contributed by atoms with Crippen LogP contribution in [0.5, 0.6) is 0 Å². The van der Waals surface area contributed by atoms with E-state index in [0.29, 0.717) is 37.5 Å². The van der Waals surface area contributed by atoms with E-state index in [0.717, 1.165) is 38.5 Å². The standard InChI is InChI=1S/C27H48O8S/c1-16(5-4-6-17(14-28)15-29)20-7-8-21-25-22(13-24(31)27(20,21)3)26(2)10-9-19(35-36(32,33)34)11-18(26)12-23(25)30/h16-25,28-31H,4-15H2,1-3H3,(H,32,33,34)/t16-,18-,19-,20-,21+,22+,23-,24+,25+,26+,27-/m1/s1. The number of fused-ring (bicyclic) bond motifs is 5. The molecular formula is C27H48O8S. The van der Waals surface area contributed by atoms with Crippen molar-refractivity contribution in [1.82, 2.24) is 0 Å². The van der Waals surface area contributed by atoms with Crippen LogP contribution in [0.15, 0.2) is 0 Å². The molecule has 0 amide bonds. The molecule has 0 radical (unpaired) electrons. The predicted octanol–water partition coefficient (Wildman–Crippen LogP) is 3.18. The molecule has 0 aromatic rings. The van der Waals surface area contributed by atoms with Crippen LogP contribution < -0.4 is 0 Å². The molecular weight excluding hydrogens is 484 g/mol. The molecule has 0 aliphatic heterocycles. The normalized spacial score (nSPS) is 45.7. The van der Waals surface area contributed by atoms with E-state index in [2.05, 4.69) is 20.8 Å². The monoisotopic (exact) mass is 532 g/mol. The first-order valence-electron chi connectivity index (χ1n) is 14.1. The maximum atomic E-state index is 11.7. The molecule has 4 fully saturated rings. The number of aliphatic hydroxyl groups is 4. The summed E-state index contributed by atoms with van der Waals surface area (Å²) in [6.07, 6.45) is 6.38. The predicted molar refractivity (Wildman–Crippen MR) is 135 cm³/mol. The Bertz CT molecular complexity index is 862. The highest BCUT2D eigenvalue weighted by Crippen LogP contribution is 2.68. The Morgan fingerprint density at radius 1 is 0.972 bits per heavy atom. The van der Waals surface area contributed by atoms with Crippen molar-refractivity contribution in [3.05, 3.63) is 0 Å². The maximum absolute atomic E-state index is 11.7. The minimum absolute atomic E-state index is 0.0101. The molecule has 4 saturated carbocycles. The van der Waals surface area contributed by atoms with Gasteiger partial charge in [0.2, 0.25) is 0 Å². The van der Waals surface area contributed by atoms with Gasteiger partial charge < -0.3 is 20.4 Å². The molecule has 5 N–H and O–H groups in total. The molecule has 4 aliphatic rings. The highest BCUT2D eigenvalue weighted by molar-refractivity contribution is 7.80. The quantitative estimate of drug-likeness (QED) is 0.285. The Morgan fingerprint density at radius 2 is 1.67 bits per heavy atom. The molecule has 0 heterocycles. The maximum Gasteiger partial charge on any atom is 0.397 e. The van der Waals surface area contributed by atoms with Crippen molar-refractivity contribution in [2.45, 2.75) is 103 Å². The molecule has 4 aliphatic carbocycles. The van der Waals surface area contributed by atoms with Crippen LogP contribution in [0.4, 0.5) is 0 Å². The molecule has 0 unspecified atom stereocenters. The highest BCUT2D eigenvalue weighted by atomic mass is 32.3. The Morgan fingerprint density at radius 3 is 2.31 bits per heavy atom. The lowest BCUT2D eigenvalue weighted by Gasteiger charge is -2.63. The lowest BCUT2D eigenvalue weighted by Crippen LogP contribution is -2.62. The Labute approximate surface area is 216 Å². The van der Waals surface area contributed by atoms with Crippen LogP contribution in [0.3, 0.4) is 0 Å². The van der Waals surface area contributed by atoms with Gasteiger partial charge in [-0.1, -0.05) is 33.6 Å². The van der Waals surface area contributed by atoms with Crippen molar-refractivity contribution in [2.24, 2.45) is 52.3 Å². The minimum atomic E-state index is -4.50. The van der Waals surface area contributed by atoms with Crippen molar-refractivity contribution >= 4 is 10.4 Å². The summed E-state index contributed by atoms with van der Waals surface area (Å²) in [6, 6.07) is 0. The Kier molecular flexibility index (Phi) is 8.53. The molecule has 0 spiro atoms. The first kappa shape index (κ1) is 28.7. The second-order valence-electron chi connectivity index (χ2n) is 13.2. The second kappa shape index (κ2) is 10.7. The number of hydrogen-bond donors (Lipinski definition) is 5. The van der Waals surface area contributed by atoms with Gasteiger partial charge in [-0.3, -0.25) is 4.55 Å². The smallest absolute Gasteiger partial charge is 0.396 e. The van der Waals surface area contributed by atoms with Gasteiger partial charge in [0.1, 0.15) is 0 Å². The third-order valence-electron chi connectivity index (χ3n) is 11.5. The molecule has 210 valence electrons. The average molecular weight is 533 g/mol. The number of hydrogen-bond acceptors (Lipinski definition) is 7. The molecule has 9 heteroatoms. The summed E-state index contributed by atoms with van der Waals surface area (Å²) in [7, 11) is -4.50. The van der Waals surface area contributed by atoms with Crippen LogP contribution >= 0.6 is 0 Å². The largest absolute Gasteiger partial charge is 0.397 e. The summed E-state index contributed by atoms with van der Waals surface area (Å²) in [6.45, 7) is 6.80. The summed E-state index contributed by atoms with van der Waals surface area (Å²) in [5.41, 5.74) is -0.345. The fraction of sp³-hybridized carbons (Fsp3) is 1.00. The van der Waals surface area contributed by atoms with Crippen molar-refractivity contribution in [3.8, 4) is 0 Å². The van der Waals surface area contributed by atoms with Gasteiger partial charge in [-0.05, 0) is 97.7 Å². The summed E-state index contributed by atoms with van der Waals surface area (Å²) < 4.78 is 36.6. The van der Waals surface area contributed by atoms with E-state index in [-0.39, 0.29) is 53.6 Å². The van der Waals surface area contributed by atoms with Gasteiger partial charge in [-0.25, -0.2) is 4.18 Å². The molecule has 4 rings (SSSR count). The van der Waals surface area contributed by atoms with Gasteiger partial charge in [0, 0.05) is 19.1 Å². The fourth-order valence-electron chi connectivity index (χ4n) is 9.54. The molecule has 0 aromatic heterocycles. The zero-order valence-electron chi connectivity index (χ0n) is 22.1. The van der Waals surface area contributed by atoms with Crippen molar-refractivity contribution < 1.29 is 37.6 Å². The second-order valence-corrected chi connectivity index (χ2v) is 14.2. The lowest BCUT2D eigenvalue weighted by atomic mass is 9.43. The van der Waals surface area contributed by atoms with Gasteiger partial charge in [0.05, 0.1) is 18.3 Å². The van der Waals surface area contributed by atoms with E-state index < -0.39 is 28.7 Å². The van der Waals surface area contributed by atoms with Crippen molar-refractivity contribution in [1.29, 1.82) is 0 Å². The average Bonchev–Trinajstić information content (AvgIpc) is 3.16. The zero-order chi connectivity index (χ0) is 26.5. The third kappa shape index (κ3) is 5.15. The Hall–Kier alpha value is -0.290. The zero-order valence-corrected chi connectivity index (χ0v) is 22.9. The number of aliphatic hydroxyl groups excluding tert-OH is 4. The molecule has 0 bridgehead atoms. The van der Waals surface area contributed by atoms with Crippen molar-refractivity contribution in [3.63, 3.8) is 0 Å². The van der Waals surface area contributed by atoms with E-state index in [1.807, 2.05) is 0 Å². The van der Waals surface area contributed by atoms with Crippen LogP contribution in [0.1, 0.15) is 85.0 Å². The first-order valence-corrected chi connectivity index (χ1v) is 15.4. The fourth-order valence-corrected chi connectivity index (χ4v) is 10.1. The van der Waals surface area contributed by atoms with Gasteiger partial charge in [0.15, 0.2) is 0 Å². The van der Waals surface area contributed by atoms with E-state index in [1.165, 1.54) is 0 Å². The van der Waals surface area contributed by atoms with Crippen molar-refractivity contribution in [2.75, 3.05) is 13.2 Å². The van der Waals surface area contributed by atoms with Crippen LogP contribution in [0.25, 0.3) is 0 Å². The van der Waals surface area contributed by atoms with Crippen LogP contribution in [-0.2, 0) is 14.6 Å². The first-order chi connectivity index (χ1) is 16.8. The summed E-state index contributed by atoms with van der Waals surface area (Å²) in [4.78, 5) is 0. The van der Waals surface area contributed by atoms with Crippen LogP contribution in [0, 0.1) is 52.3 Å². The Balaban J connectivity index is 1.49. The lowest BCUT2D eigenvalue weighted by molar-refractivity contribution is -0.206. The topological polar surface area (TPSA) is 145 Å². The van der Waals surface area contributed by atoms with E-state index in [1.54, 1.807) is 0 Å². The summed E-state index contributed by atoms with van der Waals surface area (Å²) >= 11 is 0. The summed E-state index contributed by atoms with van der Waals surface area (Å²) in [5.74, 6) is 1.38. The van der Waals surface area contributed by atoms with E-state index in [9.17, 15) is 28.8 Å². The SMILES string of the molecule is C[C@H](CCCC(CO)CO)[C@H]1CC[C@H]2[C@@H]3[C@H](O)C[C@H]4C[C@H](OS(=O)(=O)O)CC[C@]4(C)[C@H]3C[C@H](O)[C@]12C. The van der Waals surface area contributed by atoms with Gasteiger partial charge in [-0.2, -0.15) is 8.42 Å². The minimum Gasteiger partial charge on any atom is -0.396 e. The van der Waals surface area contributed by atoms with Gasteiger partial charge in [0.25, 0.3) is 0 Å². The van der Waals surface area contributed by atoms with Gasteiger partial charge in [-0.15, -0.1) is 0 Å². The van der Waals surface area contributed by atoms with E-state index in [4.69, 9.17) is 8.74 Å². The molecule has 36 heavy (non-hydrogen) atoms. The summed E-state index contributed by atoms with van der Waals surface area (Å²) in [5, 5.41) is 41.9. The van der Waals surface area contributed by atoms with Gasteiger partial charge >= 0.3 is 10.4 Å². The molecule has 8 nitrogen and oxygen atoms in total. The molecule has 0 saturated heterocycles. The van der Waals surface area contributed by atoms with Crippen LogP contribution in [-0.4, -0.2) is 64.9 Å². The molecule has 0 aromatic carbocycles. The molecule has 11 atom stereocenters. The van der Waals surface area contributed by atoms with Crippen LogP contribution in [0.2, 0.25) is 0 Å². The number of rotatable bonds is 9.